The number of hydrogen-bond acceptors (Lipinski definition) is 5. The molecule has 0 saturated heterocycles. The molecule has 336 valence electrons. The van der Waals surface area contributed by atoms with E-state index in [0.717, 1.165) is 0 Å². The van der Waals surface area contributed by atoms with Gasteiger partial charge < -0.3 is 9.80 Å². The van der Waals surface area contributed by atoms with Gasteiger partial charge >= 0.3 is 0 Å². The quantitative estimate of drug-likeness (QED) is 0.162. The van der Waals surface area contributed by atoms with Gasteiger partial charge in [-0.05, 0) is 145 Å². The topological polar surface area (TPSA) is 6.48 Å². The minimum Gasteiger partial charge on any atom is -0.311 e. The largest absolute Gasteiger partial charge is 0.311 e. The maximum atomic E-state index is 2.71. The lowest BCUT2D eigenvalue weighted by molar-refractivity contribution is 0.589. The van der Waals surface area contributed by atoms with Crippen LogP contribution < -0.4 is 25.5 Å². The van der Waals surface area contributed by atoms with Crippen molar-refractivity contribution in [1.29, 1.82) is 0 Å². The van der Waals surface area contributed by atoms with E-state index >= 15 is 0 Å². The molecule has 5 heterocycles. The van der Waals surface area contributed by atoms with Crippen LogP contribution in [-0.2, 0) is 16.2 Å². The second-order valence-electron chi connectivity index (χ2n) is 22.4. The predicted molar refractivity (Wildman–Crippen MR) is 303 cm³/mol. The average molecular weight is 937 g/mol. The van der Waals surface area contributed by atoms with Crippen LogP contribution in [0.1, 0.15) is 90.1 Å². The zero-order chi connectivity index (χ0) is 47.2. The lowest BCUT2D eigenvalue weighted by Crippen LogP contribution is -2.60. The van der Waals surface area contributed by atoms with E-state index < -0.39 is 0 Å². The summed E-state index contributed by atoms with van der Waals surface area (Å²) in [7, 11) is 0. The Morgan fingerprint density at radius 2 is 1.01 bits per heavy atom. The third kappa shape index (κ3) is 6.77. The Bertz CT molecular complexity index is 3670. The van der Waals surface area contributed by atoms with E-state index in [1.54, 1.807) is 0 Å². The Morgan fingerprint density at radius 1 is 0.441 bits per heavy atom. The number of fused-ring (bicyclic) bond motifs is 8. The van der Waals surface area contributed by atoms with Crippen LogP contribution in [0.3, 0.4) is 0 Å². The maximum absolute atomic E-state index is 2.71. The van der Waals surface area contributed by atoms with E-state index in [1.165, 1.54) is 130 Å². The molecule has 2 nitrogen and oxygen atoms in total. The van der Waals surface area contributed by atoms with Crippen molar-refractivity contribution in [2.24, 2.45) is 0 Å². The van der Waals surface area contributed by atoms with Gasteiger partial charge in [0.1, 0.15) is 0 Å². The van der Waals surface area contributed by atoms with Gasteiger partial charge in [0.15, 0.2) is 0 Å². The SMILES string of the molecule is Cc1cc(C(C)(C)C)cc(C)c1N1c2cc(C(C)(C)C)cc3c2B(c2ccc(-c4csc5ccccc45)cc2N3c2cccc(-c3csc4ccccc34)c2)c2sc3ccc(C(C)(C)C)cc3c21. The molecule has 3 aromatic heterocycles. The third-order valence-electron chi connectivity index (χ3n) is 14.7. The minimum atomic E-state index is -0.135. The lowest BCUT2D eigenvalue weighted by Gasteiger charge is -2.45. The molecule has 12 rings (SSSR count). The van der Waals surface area contributed by atoms with Crippen LogP contribution in [-0.4, -0.2) is 6.71 Å². The number of anilines is 6. The molecular formula is C62H57BN2S3. The van der Waals surface area contributed by atoms with Gasteiger partial charge in [-0.1, -0.05) is 141 Å². The van der Waals surface area contributed by atoms with Crippen molar-refractivity contribution < 1.29 is 0 Å². The summed E-state index contributed by atoms with van der Waals surface area (Å²) in [6.45, 7) is 25.9. The molecule has 0 spiro atoms. The first-order chi connectivity index (χ1) is 32.4. The standard InChI is InChI=1S/C62H57BN2S3/c1-36-27-41(61(6,7)8)28-37(2)57(36)65-52-33-42(62(9,10)11)32-51-56(52)63(59-58(65)46-31-40(60(3,4)5)24-26-55(46)68-59)49-25-23-39(48-35-67-54-22-15-13-20-45(48)54)30-50(49)64(51)43-18-16-17-38(29-43)47-34-66-53-21-14-12-19-44(47)53/h12-35H,1-11H3. The van der Waals surface area contributed by atoms with Gasteiger partial charge in [0.25, 0.3) is 6.71 Å². The van der Waals surface area contributed by atoms with Crippen LogP contribution in [0.5, 0.6) is 0 Å². The number of thiophene rings is 3. The average Bonchev–Trinajstić information content (AvgIpc) is 4.04. The highest BCUT2D eigenvalue weighted by molar-refractivity contribution is 7.33. The first kappa shape index (κ1) is 43.4. The summed E-state index contributed by atoms with van der Waals surface area (Å²) < 4.78 is 5.38. The maximum Gasteiger partial charge on any atom is 0.264 e. The highest BCUT2D eigenvalue weighted by Gasteiger charge is 2.46. The molecular weight excluding hydrogens is 880 g/mol. The zero-order valence-corrected chi connectivity index (χ0v) is 43.5. The molecule has 0 saturated carbocycles. The first-order valence-electron chi connectivity index (χ1n) is 24.1. The zero-order valence-electron chi connectivity index (χ0n) is 41.1. The van der Waals surface area contributed by atoms with E-state index in [4.69, 9.17) is 0 Å². The fourth-order valence-electron chi connectivity index (χ4n) is 11.0. The van der Waals surface area contributed by atoms with E-state index in [-0.39, 0.29) is 23.0 Å². The molecule has 0 fully saturated rings. The summed E-state index contributed by atoms with van der Waals surface area (Å²) in [6.07, 6.45) is 0. The number of aryl methyl sites for hydroxylation is 2. The molecule has 68 heavy (non-hydrogen) atoms. The normalized spacial score (nSPS) is 13.7. The van der Waals surface area contributed by atoms with Gasteiger partial charge in [-0.15, -0.1) is 34.0 Å². The highest BCUT2D eigenvalue weighted by Crippen LogP contribution is 2.52. The van der Waals surface area contributed by atoms with E-state index in [1.807, 2.05) is 34.0 Å². The molecule has 7 aromatic carbocycles. The molecule has 10 aromatic rings. The first-order valence-corrected chi connectivity index (χ1v) is 26.7. The van der Waals surface area contributed by atoms with Crippen LogP contribution in [0.2, 0.25) is 0 Å². The summed E-state index contributed by atoms with van der Waals surface area (Å²) >= 11 is 5.66. The van der Waals surface area contributed by atoms with Gasteiger partial charge in [0.05, 0.1) is 11.4 Å². The second kappa shape index (κ2) is 15.3. The highest BCUT2D eigenvalue weighted by atomic mass is 32.1. The van der Waals surface area contributed by atoms with Crippen molar-refractivity contribution >= 4 is 121 Å². The molecule has 2 aliphatic heterocycles. The van der Waals surface area contributed by atoms with Crippen LogP contribution in [0.4, 0.5) is 34.1 Å². The van der Waals surface area contributed by atoms with Crippen LogP contribution >= 0.6 is 34.0 Å². The molecule has 0 amide bonds. The smallest absolute Gasteiger partial charge is 0.264 e. The molecule has 6 heteroatoms. The van der Waals surface area contributed by atoms with E-state index in [9.17, 15) is 0 Å². The van der Waals surface area contributed by atoms with Gasteiger partial charge in [-0.25, -0.2) is 0 Å². The number of benzene rings is 7. The fourth-order valence-corrected chi connectivity index (χ4v) is 14.3. The molecule has 2 aliphatic rings. The third-order valence-corrected chi connectivity index (χ3v) is 17.8. The Kier molecular flexibility index (Phi) is 9.75. The fraction of sp³-hybridized carbons (Fsp3) is 0.226. The number of hydrogen-bond donors (Lipinski definition) is 0. The van der Waals surface area contributed by atoms with E-state index in [0.29, 0.717) is 0 Å². The van der Waals surface area contributed by atoms with Gasteiger partial charge in [-0.2, -0.15) is 0 Å². The Labute approximate surface area is 414 Å². The van der Waals surface area contributed by atoms with Crippen molar-refractivity contribution in [3.05, 3.63) is 172 Å². The second-order valence-corrected chi connectivity index (χ2v) is 25.3. The molecule has 0 radical (unpaired) electrons. The molecule has 0 atom stereocenters. The Hall–Kier alpha value is -5.92. The number of nitrogens with zero attached hydrogens (tertiary/aromatic N) is 2. The predicted octanol–water partition coefficient (Wildman–Crippen LogP) is 17.3. The summed E-state index contributed by atoms with van der Waals surface area (Å²) in [6, 6.07) is 51.8. The van der Waals surface area contributed by atoms with Crippen molar-refractivity contribution in [2.75, 3.05) is 9.80 Å². The van der Waals surface area contributed by atoms with Crippen molar-refractivity contribution in [3.63, 3.8) is 0 Å². The monoisotopic (exact) mass is 936 g/mol. The summed E-state index contributed by atoms with van der Waals surface area (Å²) in [5.74, 6) is 0. The van der Waals surface area contributed by atoms with Crippen LogP contribution in [0.15, 0.2) is 144 Å². The molecule has 0 unspecified atom stereocenters. The summed E-state index contributed by atoms with van der Waals surface area (Å²) in [4.78, 5) is 5.35. The molecule has 0 N–H and O–H groups in total. The minimum absolute atomic E-state index is 0.00278. The van der Waals surface area contributed by atoms with E-state index in [2.05, 4.69) is 230 Å². The van der Waals surface area contributed by atoms with Gasteiger partial charge in [-0.3, -0.25) is 0 Å². The van der Waals surface area contributed by atoms with Crippen molar-refractivity contribution in [2.45, 2.75) is 92.4 Å². The summed E-state index contributed by atoms with van der Waals surface area (Å²) in [5.41, 5.74) is 21.9. The molecule has 0 bridgehead atoms. The van der Waals surface area contributed by atoms with Gasteiger partial charge in [0.2, 0.25) is 0 Å². The van der Waals surface area contributed by atoms with Gasteiger partial charge in [0, 0.05) is 68.9 Å². The van der Waals surface area contributed by atoms with Crippen LogP contribution in [0.25, 0.3) is 52.5 Å². The van der Waals surface area contributed by atoms with Crippen molar-refractivity contribution in [3.8, 4) is 22.3 Å². The van der Waals surface area contributed by atoms with Crippen LogP contribution in [0, 0.1) is 13.8 Å². The Morgan fingerprint density at radius 3 is 1.63 bits per heavy atom. The molecule has 0 aliphatic carbocycles. The van der Waals surface area contributed by atoms with Crippen molar-refractivity contribution in [1.82, 2.24) is 0 Å². The Balaban J connectivity index is 1.20. The number of rotatable bonds is 4. The summed E-state index contributed by atoms with van der Waals surface area (Å²) in [5, 5.41) is 8.65. The lowest BCUT2D eigenvalue weighted by atomic mass is 9.36.